The summed E-state index contributed by atoms with van der Waals surface area (Å²) >= 11 is 9.75. The van der Waals surface area contributed by atoms with Crippen molar-refractivity contribution < 1.29 is 0 Å². The largest absolute Gasteiger partial charge is 0.338 e. The Hall–Kier alpha value is -2.17. The number of nitrogens with zero attached hydrogens (tertiary/aromatic N) is 2. The van der Waals surface area contributed by atoms with E-state index in [-0.39, 0.29) is 0 Å². The number of halogens is 2. The number of benzene rings is 2. The Bertz CT molecular complexity index is 1010. The molecule has 0 unspecified atom stereocenters. The van der Waals surface area contributed by atoms with Crippen LogP contribution in [0.25, 0.3) is 22.4 Å². The van der Waals surface area contributed by atoms with Gasteiger partial charge in [0.05, 0.1) is 16.2 Å². The number of nitrogens with one attached hydrogen (secondary N) is 1. The molecule has 24 heavy (non-hydrogen) atoms. The summed E-state index contributed by atoms with van der Waals surface area (Å²) in [5.74, 6) is 0.764. The predicted molar refractivity (Wildman–Crippen MR) is 101 cm³/mol. The molecule has 2 aromatic heterocycles. The third kappa shape index (κ3) is 2.95. The second kappa shape index (κ2) is 6.38. The number of imidazole rings is 1. The highest BCUT2D eigenvalue weighted by Crippen LogP contribution is 2.28. The maximum Gasteiger partial charge on any atom is 0.140 e. The highest BCUT2D eigenvalue weighted by molar-refractivity contribution is 9.10. The van der Waals surface area contributed by atoms with Crippen LogP contribution in [0.5, 0.6) is 0 Å². The molecule has 2 heterocycles. The molecule has 0 amide bonds. The quantitative estimate of drug-likeness (QED) is 0.486. The molecule has 0 bridgehead atoms. The van der Waals surface area contributed by atoms with Crippen molar-refractivity contribution >= 4 is 38.6 Å². The molecule has 4 rings (SSSR count). The van der Waals surface area contributed by atoms with E-state index in [9.17, 15) is 0 Å². The molecule has 0 aliphatic heterocycles. The van der Waals surface area contributed by atoms with Crippen LogP contribution in [0, 0.1) is 0 Å². The molecule has 1 N–H and O–H groups in total. The Labute approximate surface area is 152 Å². The number of H-pyrrole nitrogens is 1. The van der Waals surface area contributed by atoms with E-state index in [1.807, 2.05) is 48.7 Å². The van der Waals surface area contributed by atoms with Crippen molar-refractivity contribution in [2.24, 2.45) is 0 Å². The van der Waals surface area contributed by atoms with Crippen molar-refractivity contribution in [3.8, 4) is 11.4 Å². The SMILES string of the molecule is Clc1ccccc1-c1nc2c(Cc3ccc(Br)cc3)nccc2[nH]1. The Morgan fingerprint density at radius 3 is 2.58 bits per heavy atom. The first-order chi connectivity index (χ1) is 11.7. The first kappa shape index (κ1) is 15.4. The fourth-order valence-corrected chi connectivity index (χ4v) is 3.19. The molecule has 0 aliphatic carbocycles. The molecule has 3 nitrogen and oxygen atoms in total. The number of aromatic amines is 1. The third-order valence-corrected chi connectivity index (χ3v) is 4.75. The van der Waals surface area contributed by atoms with Crippen LogP contribution in [0.15, 0.2) is 65.3 Å². The van der Waals surface area contributed by atoms with E-state index in [1.54, 1.807) is 0 Å². The molecule has 118 valence electrons. The van der Waals surface area contributed by atoms with Crippen molar-refractivity contribution in [1.29, 1.82) is 0 Å². The topological polar surface area (TPSA) is 41.6 Å². The van der Waals surface area contributed by atoms with Crippen LogP contribution < -0.4 is 0 Å². The van der Waals surface area contributed by atoms with E-state index in [4.69, 9.17) is 16.6 Å². The first-order valence-corrected chi connectivity index (χ1v) is 8.71. The van der Waals surface area contributed by atoms with Crippen LogP contribution in [0.2, 0.25) is 5.02 Å². The van der Waals surface area contributed by atoms with Gasteiger partial charge in [0.1, 0.15) is 11.3 Å². The third-order valence-electron chi connectivity index (χ3n) is 3.89. The highest BCUT2D eigenvalue weighted by Gasteiger charge is 2.12. The fourth-order valence-electron chi connectivity index (χ4n) is 2.70. The zero-order chi connectivity index (χ0) is 16.5. The van der Waals surface area contributed by atoms with Gasteiger partial charge < -0.3 is 4.98 Å². The molecular weight excluding hydrogens is 386 g/mol. The van der Waals surface area contributed by atoms with E-state index in [0.717, 1.165) is 39.0 Å². The minimum atomic E-state index is 0.680. The van der Waals surface area contributed by atoms with Crippen molar-refractivity contribution in [3.05, 3.63) is 81.5 Å². The number of fused-ring (bicyclic) bond motifs is 1. The average Bonchev–Trinajstić information content (AvgIpc) is 3.02. The molecule has 0 aliphatic rings. The molecule has 4 aromatic rings. The van der Waals surface area contributed by atoms with Crippen LogP contribution in [0.1, 0.15) is 11.3 Å². The lowest BCUT2D eigenvalue weighted by atomic mass is 10.1. The average molecular weight is 399 g/mol. The zero-order valence-electron chi connectivity index (χ0n) is 12.6. The van der Waals surface area contributed by atoms with Gasteiger partial charge in [0.15, 0.2) is 0 Å². The summed E-state index contributed by atoms with van der Waals surface area (Å²) in [7, 11) is 0. The number of aromatic nitrogens is 3. The molecule has 2 aromatic carbocycles. The van der Waals surface area contributed by atoms with Crippen LogP contribution >= 0.6 is 27.5 Å². The van der Waals surface area contributed by atoms with Crippen LogP contribution in [-0.2, 0) is 6.42 Å². The molecule has 0 saturated heterocycles. The lowest BCUT2D eigenvalue weighted by molar-refractivity contribution is 1.09. The van der Waals surface area contributed by atoms with Gasteiger partial charge in [0, 0.05) is 22.7 Å². The molecule has 0 saturated carbocycles. The van der Waals surface area contributed by atoms with Gasteiger partial charge in [0.2, 0.25) is 0 Å². The van der Waals surface area contributed by atoms with Gasteiger partial charge in [-0.05, 0) is 35.9 Å². The van der Waals surface area contributed by atoms with Gasteiger partial charge in [-0.3, -0.25) is 4.98 Å². The zero-order valence-corrected chi connectivity index (χ0v) is 15.0. The van der Waals surface area contributed by atoms with Gasteiger partial charge in [-0.2, -0.15) is 0 Å². The Morgan fingerprint density at radius 1 is 1.00 bits per heavy atom. The summed E-state index contributed by atoms with van der Waals surface area (Å²) < 4.78 is 1.07. The predicted octanol–water partition coefficient (Wildman–Crippen LogP) is 5.63. The number of pyridine rings is 1. The van der Waals surface area contributed by atoms with E-state index < -0.39 is 0 Å². The van der Waals surface area contributed by atoms with Crippen LogP contribution in [0.3, 0.4) is 0 Å². The van der Waals surface area contributed by atoms with Crippen molar-refractivity contribution in [2.45, 2.75) is 6.42 Å². The maximum atomic E-state index is 6.29. The molecule has 0 radical (unpaired) electrons. The summed E-state index contributed by atoms with van der Waals surface area (Å²) in [4.78, 5) is 12.6. The van der Waals surface area contributed by atoms with E-state index >= 15 is 0 Å². The molecular formula is C19H13BrClN3. The first-order valence-electron chi connectivity index (χ1n) is 7.53. The van der Waals surface area contributed by atoms with Gasteiger partial charge in [-0.1, -0.05) is 51.8 Å². The minimum absolute atomic E-state index is 0.680. The molecule has 0 atom stereocenters. The monoisotopic (exact) mass is 397 g/mol. The molecule has 0 fully saturated rings. The van der Waals surface area contributed by atoms with Gasteiger partial charge in [0.25, 0.3) is 0 Å². The van der Waals surface area contributed by atoms with Gasteiger partial charge in [-0.15, -0.1) is 0 Å². The minimum Gasteiger partial charge on any atom is -0.338 e. The maximum absolute atomic E-state index is 6.29. The second-order valence-electron chi connectivity index (χ2n) is 5.52. The lowest BCUT2D eigenvalue weighted by Crippen LogP contribution is -1.93. The molecule has 0 spiro atoms. The summed E-state index contributed by atoms with van der Waals surface area (Å²) in [6, 6.07) is 17.9. The van der Waals surface area contributed by atoms with E-state index in [0.29, 0.717) is 5.02 Å². The smallest absolute Gasteiger partial charge is 0.140 e. The molecule has 5 heteroatoms. The number of rotatable bonds is 3. The van der Waals surface area contributed by atoms with Crippen molar-refractivity contribution in [3.63, 3.8) is 0 Å². The van der Waals surface area contributed by atoms with Crippen LogP contribution in [-0.4, -0.2) is 15.0 Å². The standard InChI is InChI=1S/C19H13BrClN3/c20-13-7-5-12(6-8-13)11-17-18-16(9-10-22-17)23-19(24-18)14-3-1-2-4-15(14)21/h1-10H,11H2,(H,23,24). The number of hydrogen-bond acceptors (Lipinski definition) is 2. The highest BCUT2D eigenvalue weighted by atomic mass is 79.9. The summed E-state index contributed by atoms with van der Waals surface area (Å²) in [6.07, 6.45) is 2.54. The summed E-state index contributed by atoms with van der Waals surface area (Å²) in [5, 5.41) is 0.680. The van der Waals surface area contributed by atoms with Crippen LogP contribution in [0.4, 0.5) is 0 Å². The second-order valence-corrected chi connectivity index (χ2v) is 6.85. The normalized spacial score (nSPS) is 11.1. The Kier molecular flexibility index (Phi) is 4.08. The summed E-state index contributed by atoms with van der Waals surface area (Å²) in [5.41, 5.74) is 4.89. The van der Waals surface area contributed by atoms with E-state index in [1.165, 1.54) is 5.56 Å². The van der Waals surface area contributed by atoms with E-state index in [2.05, 4.69) is 38.0 Å². The lowest BCUT2D eigenvalue weighted by Gasteiger charge is -2.02. The Morgan fingerprint density at radius 2 is 1.79 bits per heavy atom. The van der Waals surface area contributed by atoms with Crippen molar-refractivity contribution in [1.82, 2.24) is 15.0 Å². The Balaban J connectivity index is 1.77. The van der Waals surface area contributed by atoms with Crippen molar-refractivity contribution in [2.75, 3.05) is 0 Å². The summed E-state index contributed by atoms with van der Waals surface area (Å²) in [6.45, 7) is 0. The van der Waals surface area contributed by atoms with Gasteiger partial charge in [-0.25, -0.2) is 4.98 Å². The fraction of sp³-hybridized carbons (Fsp3) is 0.0526. The van der Waals surface area contributed by atoms with Gasteiger partial charge >= 0.3 is 0 Å². The number of hydrogen-bond donors (Lipinski definition) is 1.